The number of carboxylic acids is 1. The Bertz CT molecular complexity index is 426. The maximum Gasteiger partial charge on any atom is 0.335 e. The first-order valence-electron chi connectivity index (χ1n) is 7.49. The first-order valence-corrected chi connectivity index (χ1v) is 7.49. The van der Waals surface area contributed by atoms with E-state index in [0.29, 0.717) is 18.1 Å². The number of hydrogen-bond acceptors (Lipinski definition) is 2. The van der Waals surface area contributed by atoms with E-state index in [9.17, 15) is 4.79 Å². The van der Waals surface area contributed by atoms with Crippen LogP contribution in [-0.4, -0.2) is 17.7 Å². The summed E-state index contributed by atoms with van der Waals surface area (Å²) in [7, 11) is 0. The number of aryl methyl sites for hydroxylation is 1. The average molecular weight is 278 g/mol. The molecule has 3 heteroatoms. The van der Waals surface area contributed by atoms with Crippen LogP contribution in [0.25, 0.3) is 0 Å². The number of rotatable bonds is 9. The van der Waals surface area contributed by atoms with Crippen molar-refractivity contribution < 1.29 is 14.6 Å². The zero-order valence-electron chi connectivity index (χ0n) is 12.8. The highest BCUT2D eigenvalue weighted by atomic mass is 16.5. The van der Waals surface area contributed by atoms with Gasteiger partial charge in [-0.15, -0.1) is 0 Å². The van der Waals surface area contributed by atoms with Crippen LogP contribution in [0.4, 0.5) is 0 Å². The molecule has 1 rings (SSSR count). The number of hydrogen-bond donors (Lipinski definition) is 1. The molecule has 0 aromatic heterocycles. The maximum absolute atomic E-state index is 10.9. The molecule has 0 aliphatic carbocycles. The standard InChI is InChI=1S/C17H26O3/c1-4-6-7-14(5-2)11-20-12-16-9-8-15(17(18)19)10-13(16)3/h8-10,14H,4-7,11-12H2,1-3H3,(H,18,19). The van der Waals surface area contributed by atoms with E-state index in [1.807, 2.05) is 13.0 Å². The molecule has 0 aliphatic heterocycles. The number of ether oxygens (including phenoxy) is 1. The molecule has 0 saturated heterocycles. The minimum absolute atomic E-state index is 0.334. The number of aromatic carboxylic acids is 1. The Hall–Kier alpha value is -1.35. The molecule has 0 radical (unpaired) electrons. The zero-order valence-corrected chi connectivity index (χ0v) is 12.8. The normalized spacial score (nSPS) is 12.3. The molecule has 0 heterocycles. The smallest absolute Gasteiger partial charge is 0.335 e. The van der Waals surface area contributed by atoms with Crippen molar-refractivity contribution in [2.45, 2.75) is 53.1 Å². The highest BCUT2D eigenvalue weighted by Gasteiger charge is 2.08. The lowest BCUT2D eigenvalue weighted by molar-refractivity contribution is 0.0696. The fourth-order valence-electron chi connectivity index (χ4n) is 2.22. The monoisotopic (exact) mass is 278 g/mol. The first-order chi connectivity index (χ1) is 9.58. The van der Waals surface area contributed by atoms with Gasteiger partial charge in [0.25, 0.3) is 0 Å². The van der Waals surface area contributed by atoms with Crippen molar-refractivity contribution in [2.75, 3.05) is 6.61 Å². The highest BCUT2D eigenvalue weighted by Crippen LogP contribution is 2.16. The Morgan fingerprint density at radius 3 is 2.65 bits per heavy atom. The summed E-state index contributed by atoms with van der Waals surface area (Å²) in [5, 5.41) is 8.93. The van der Waals surface area contributed by atoms with Crippen LogP contribution >= 0.6 is 0 Å². The van der Waals surface area contributed by atoms with E-state index in [0.717, 1.165) is 24.2 Å². The van der Waals surface area contributed by atoms with Gasteiger partial charge < -0.3 is 9.84 Å². The first kappa shape index (κ1) is 16.7. The Kier molecular flexibility index (Phi) is 7.31. The molecular weight excluding hydrogens is 252 g/mol. The lowest BCUT2D eigenvalue weighted by Gasteiger charge is -2.15. The third-order valence-electron chi connectivity index (χ3n) is 3.74. The quantitative estimate of drug-likeness (QED) is 0.727. The molecule has 0 saturated carbocycles. The van der Waals surface area contributed by atoms with Crippen LogP contribution in [0.3, 0.4) is 0 Å². The van der Waals surface area contributed by atoms with Gasteiger partial charge in [-0.3, -0.25) is 0 Å². The predicted molar refractivity (Wildman–Crippen MR) is 81.1 cm³/mol. The van der Waals surface area contributed by atoms with Crippen LogP contribution < -0.4 is 0 Å². The summed E-state index contributed by atoms with van der Waals surface area (Å²) < 4.78 is 5.80. The summed E-state index contributed by atoms with van der Waals surface area (Å²) in [5.74, 6) is -0.250. The Morgan fingerprint density at radius 2 is 2.10 bits per heavy atom. The summed E-state index contributed by atoms with van der Waals surface area (Å²) >= 11 is 0. The molecule has 0 aliphatic rings. The lowest BCUT2D eigenvalue weighted by atomic mass is 10.0. The lowest BCUT2D eigenvalue weighted by Crippen LogP contribution is -2.09. The van der Waals surface area contributed by atoms with Gasteiger partial charge in [0.1, 0.15) is 0 Å². The van der Waals surface area contributed by atoms with E-state index in [4.69, 9.17) is 9.84 Å². The SMILES string of the molecule is CCCCC(CC)COCc1ccc(C(=O)O)cc1C. The van der Waals surface area contributed by atoms with Crippen molar-refractivity contribution in [1.29, 1.82) is 0 Å². The van der Waals surface area contributed by atoms with E-state index < -0.39 is 5.97 Å². The maximum atomic E-state index is 10.9. The van der Waals surface area contributed by atoms with E-state index in [1.165, 1.54) is 19.3 Å². The summed E-state index contributed by atoms with van der Waals surface area (Å²) in [6.07, 6.45) is 4.86. The summed E-state index contributed by atoms with van der Waals surface area (Å²) in [5.41, 5.74) is 2.38. The van der Waals surface area contributed by atoms with Crippen LogP contribution in [0, 0.1) is 12.8 Å². The predicted octanol–water partition coefficient (Wildman–Crippen LogP) is 4.43. The molecule has 1 unspecified atom stereocenters. The molecule has 112 valence electrons. The zero-order chi connectivity index (χ0) is 15.0. The summed E-state index contributed by atoms with van der Waals surface area (Å²) in [6.45, 7) is 7.70. The molecule has 1 N–H and O–H groups in total. The third-order valence-corrected chi connectivity index (χ3v) is 3.74. The van der Waals surface area contributed by atoms with Crippen LogP contribution in [-0.2, 0) is 11.3 Å². The van der Waals surface area contributed by atoms with Gasteiger partial charge in [0.2, 0.25) is 0 Å². The van der Waals surface area contributed by atoms with E-state index >= 15 is 0 Å². The number of benzene rings is 1. The summed E-state index contributed by atoms with van der Waals surface area (Å²) in [6, 6.07) is 5.20. The van der Waals surface area contributed by atoms with Crippen molar-refractivity contribution in [3.8, 4) is 0 Å². The van der Waals surface area contributed by atoms with Gasteiger partial charge >= 0.3 is 5.97 Å². The van der Waals surface area contributed by atoms with Crippen LogP contribution in [0.15, 0.2) is 18.2 Å². The molecule has 1 atom stereocenters. The topological polar surface area (TPSA) is 46.5 Å². The molecular formula is C17H26O3. The van der Waals surface area contributed by atoms with Crippen molar-refractivity contribution in [1.82, 2.24) is 0 Å². The van der Waals surface area contributed by atoms with Gasteiger partial charge in [0.15, 0.2) is 0 Å². The Labute approximate surface area is 122 Å². The van der Waals surface area contributed by atoms with E-state index in [1.54, 1.807) is 12.1 Å². The fraction of sp³-hybridized carbons (Fsp3) is 0.588. The third kappa shape index (κ3) is 5.33. The van der Waals surface area contributed by atoms with Crippen LogP contribution in [0.1, 0.15) is 61.0 Å². The fourth-order valence-corrected chi connectivity index (χ4v) is 2.22. The van der Waals surface area contributed by atoms with Gasteiger partial charge in [-0.2, -0.15) is 0 Å². The highest BCUT2D eigenvalue weighted by molar-refractivity contribution is 5.87. The molecule has 1 aromatic rings. The van der Waals surface area contributed by atoms with E-state index in [2.05, 4.69) is 13.8 Å². The van der Waals surface area contributed by atoms with Crippen molar-refractivity contribution in [3.63, 3.8) is 0 Å². The number of carbonyl (C=O) groups is 1. The molecule has 0 fully saturated rings. The van der Waals surface area contributed by atoms with Gasteiger partial charge in [0.05, 0.1) is 12.2 Å². The molecule has 3 nitrogen and oxygen atoms in total. The van der Waals surface area contributed by atoms with Crippen molar-refractivity contribution in [3.05, 3.63) is 34.9 Å². The Morgan fingerprint density at radius 1 is 1.35 bits per heavy atom. The second kappa shape index (κ2) is 8.75. The van der Waals surface area contributed by atoms with Crippen LogP contribution in [0.2, 0.25) is 0 Å². The van der Waals surface area contributed by atoms with E-state index in [-0.39, 0.29) is 0 Å². The average Bonchev–Trinajstić information content (AvgIpc) is 2.43. The molecule has 0 spiro atoms. The van der Waals surface area contributed by atoms with Gasteiger partial charge in [0, 0.05) is 6.61 Å². The van der Waals surface area contributed by atoms with Crippen LogP contribution in [0.5, 0.6) is 0 Å². The minimum Gasteiger partial charge on any atom is -0.478 e. The molecule has 1 aromatic carbocycles. The Balaban J connectivity index is 2.47. The second-order valence-corrected chi connectivity index (χ2v) is 5.38. The molecule has 20 heavy (non-hydrogen) atoms. The second-order valence-electron chi connectivity index (χ2n) is 5.38. The van der Waals surface area contributed by atoms with Crippen molar-refractivity contribution >= 4 is 5.97 Å². The van der Waals surface area contributed by atoms with Gasteiger partial charge in [-0.25, -0.2) is 4.79 Å². The summed E-state index contributed by atoms with van der Waals surface area (Å²) in [4.78, 5) is 10.9. The molecule has 0 bridgehead atoms. The largest absolute Gasteiger partial charge is 0.478 e. The van der Waals surface area contributed by atoms with Gasteiger partial charge in [-0.1, -0.05) is 39.2 Å². The van der Waals surface area contributed by atoms with Gasteiger partial charge in [-0.05, 0) is 42.5 Å². The number of unbranched alkanes of at least 4 members (excludes halogenated alkanes) is 1. The minimum atomic E-state index is -0.883. The number of carboxylic acid groups (broad SMARTS) is 1. The molecule has 0 amide bonds. The van der Waals surface area contributed by atoms with Crippen molar-refractivity contribution in [2.24, 2.45) is 5.92 Å².